The van der Waals surface area contributed by atoms with E-state index in [1.54, 1.807) is 0 Å². The molecule has 1 aromatic rings. The molecule has 0 radical (unpaired) electrons. The fourth-order valence-electron chi connectivity index (χ4n) is 2.89. The van der Waals surface area contributed by atoms with E-state index in [2.05, 4.69) is 25.2 Å². The fourth-order valence-corrected chi connectivity index (χ4v) is 2.89. The second-order valence-corrected chi connectivity index (χ2v) is 7.72. The van der Waals surface area contributed by atoms with Gasteiger partial charge in [-0.05, 0) is 44.7 Å². The zero-order valence-corrected chi connectivity index (χ0v) is 15.3. The molecule has 1 N–H and O–H groups in total. The average Bonchev–Trinajstić information content (AvgIpc) is 2.47. The lowest BCUT2D eigenvalue weighted by molar-refractivity contribution is 0.0125. The third kappa shape index (κ3) is 4.86. The predicted molar refractivity (Wildman–Crippen MR) is 95.3 cm³/mol. The molecule has 134 valence electrons. The van der Waals surface area contributed by atoms with Crippen molar-refractivity contribution in [1.82, 2.24) is 4.90 Å². The number of benzene rings is 1. The molecule has 1 aromatic carbocycles. The zero-order valence-electron chi connectivity index (χ0n) is 15.3. The van der Waals surface area contributed by atoms with Crippen molar-refractivity contribution in [2.45, 2.75) is 64.8 Å². The lowest BCUT2D eigenvalue weighted by Crippen LogP contribution is -2.51. The highest BCUT2D eigenvalue weighted by Crippen LogP contribution is 2.27. The van der Waals surface area contributed by atoms with Crippen LogP contribution in [0.1, 0.15) is 52.5 Å². The third-order valence-corrected chi connectivity index (χ3v) is 4.12. The number of anilines is 1. The van der Waals surface area contributed by atoms with Crippen LogP contribution in [0, 0.1) is 0 Å². The van der Waals surface area contributed by atoms with Gasteiger partial charge in [0.15, 0.2) is 0 Å². The van der Waals surface area contributed by atoms with Crippen LogP contribution in [-0.4, -0.2) is 41.9 Å². The van der Waals surface area contributed by atoms with Gasteiger partial charge in [0.2, 0.25) is 0 Å². The maximum absolute atomic E-state index is 14.6. The van der Waals surface area contributed by atoms with Crippen molar-refractivity contribution in [3.8, 4) is 0 Å². The molecule has 5 heteroatoms. The molecule has 2 atom stereocenters. The highest BCUT2D eigenvalue weighted by molar-refractivity contribution is 5.68. The number of piperidine rings is 1. The summed E-state index contributed by atoms with van der Waals surface area (Å²) in [6.45, 7) is 10.3. The molecule has 0 aromatic heterocycles. The van der Waals surface area contributed by atoms with Gasteiger partial charge in [0, 0.05) is 12.2 Å². The number of ether oxygens (including phenoxy) is 1. The minimum Gasteiger partial charge on any atom is -0.444 e. The first kappa shape index (κ1) is 18.6. The summed E-state index contributed by atoms with van der Waals surface area (Å²) in [4.78, 5) is 13.5. The SMILES string of the molecule is CC(C)c1ccccc1N[C@H]1CCN(C(=O)OC(C)(C)C)C[C@H]1F. The number of hydrogen-bond donors (Lipinski definition) is 1. The number of halogens is 1. The number of rotatable bonds is 3. The molecular weight excluding hydrogens is 307 g/mol. The van der Waals surface area contributed by atoms with Gasteiger partial charge in [0.25, 0.3) is 0 Å². The summed E-state index contributed by atoms with van der Waals surface area (Å²) in [5.74, 6) is 0.369. The van der Waals surface area contributed by atoms with Crippen molar-refractivity contribution in [1.29, 1.82) is 0 Å². The molecule has 0 aliphatic carbocycles. The van der Waals surface area contributed by atoms with Crippen LogP contribution < -0.4 is 5.32 Å². The van der Waals surface area contributed by atoms with Gasteiger partial charge in [-0.25, -0.2) is 9.18 Å². The highest BCUT2D eigenvalue weighted by Gasteiger charge is 2.33. The van der Waals surface area contributed by atoms with E-state index in [1.165, 1.54) is 10.5 Å². The zero-order chi connectivity index (χ0) is 17.9. The predicted octanol–water partition coefficient (Wildman–Crippen LogP) is 4.57. The number of amides is 1. The average molecular weight is 336 g/mol. The third-order valence-electron chi connectivity index (χ3n) is 4.12. The number of nitrogens with one attached hydrogen (secondary N) is 1. The molecule has 0 spiro atoms. The lowest BCUT2D eigenvalue weighted by atomic mass is 9.98. The first-order valence-electron chi connectivity index (χ1n) is 8.65. The molecule has 1 amide bonds. The Balaban J connectivity index is 1.98. The van der Waals surface area contributed by atoms with Crippen LogP contribution in [-0.2, 0) is 4.74 Å². The van der Waals surface area contributed by atoms with Gasteiger partial charge in [0.1, 0.15) is 11.8 Å². The Hall–Kier alpha value is -1.78. The smallest absolute Gasteiger partial charge is 0.410 e. The molecule has 0 bridgehead atoms. The van der Waals surface area contributed by atoms with Gasteiger partial charge in [-0.2, -0.15) is 0 Å². The number of carbonyl (C=O) groups excluding carboxylic acids is 1. The van der Waals surface area contributed by atoms with Crippen LogP contribution in [0.15, 0.2) is 24.3 Å². The molecule has 0 saturated carbocycles. The number of nitrogens with zero attached hydrogens (tertiary/aromatic N) is 1. The van der Waals surface area contributed by atoms with Crippen LogP contribution in [0.2, 0.25) is 0 Å². The Morgan fingerprint density at radius 1 is 1.33 bits per heavy atom. The van der Waals surface area contributed by atoms with Crippen LogP contribution in [0.3, 0.4) is 0 Å². The van der Waals surface area contributed by atoms with Gasteiger partial charge in [-0.1, -0.05) is 32.0 Å². The Labute approximate surface area is 144 Å². The van der Waals surface area contributed by atoms with Gasteiger partial charge in [-0.3, -0.25) is 0 Å². The molecule has 1 fully saturated rings. The summed E-state index contributed by atoms with van der Waals surface area (Å²) in [5, 5.41) is 3.33. The maximum atomic E-state index is 14.6. The Morgan fingerprint density at radius 2 is 2.00 bits per heavy atom. The van der Waals surface area contributed by atoms with E-state index < -0.39 is 17.9 Å². The van der Waals surface area contributed by atoms with Gasteiger partial charge in [-0.15, -0.1) is 0 Å². The van der Waals surface area contributed by atoms with Crippen LogP contribution in [0.4, 0.5) is 14.9 Å². The number of hydrogen-bond acceptors (Lipinski definition) is 3. The summed E-state index contributed by atoms with van der Waals surface area (Å²) in [6.07, 6.45) is -0.995. The number of para-hydroxylation sites is 1. The molecule has 24 heavy (non-hydrogen) atoms. The quantitative estimate of drug-likeness (QED) is 0.879. The molecular formula is C19H29FN2O2. The second kappa shape index (κ2) is 7.41. The van der Waals surface area contributed by atoms with E-state index in [0.717, 1.165) is 5.69 Å². The monoisotopic (exact) mass is 336 g/mol. The molecule has 1 aliphatic heterocycles. The van der Waals surface area contributed by atoms with Gasteiger partial charge >= 0.3 is 6.09 Å². The van der Waals surface area contributed by atoms with Gasteiger partial charge < -0.3 is 15.0 Å². The van der Waals surface area contributed by atoms with Crippen LogP contribution >= 0.6 is 0 Å². The largest absolute Gasteiger partial charge is 0.444 e. The van der Waals surface area contributed by atoms with Crippen molar-refractivity contribution in [2.24, 2.45) is 0 Å². The van der Waals surface area contributed by atoms with Crippen molar-refractivity contribution in [3.05, 3.63) is 29.8 Å². The van der Waals surface area contributed by atoms with Gasteiger partial charge in [0.05, 0.1) is 12.6 Å². The van der Waals surface area contributed by atoms with E-state index in [4.69, 9.17) is 4.74 Å². The van der Waals surface area contributed by atoms with Crippen molar-refractivity contribution in [2.75, 3.05) is 18.4 Å². The van der Waals surface area contributed by atoms with E-state index in [0.29, 0.717) is 18.9 Å². The number of alkyl halides is 1. The number of carbonyl (C=O) groups is 1. The Morgan fingerprint density at radius 3 is 2.58 bits per heavy atom. The topological polar surface area (TPSA) is 41.6 Å². The summed E-state index contributed by atoms with van der Waals surface area (Å²) < 4.78 is 19.9. The van der Waals surface area contributed by atoms with E-state index >= 15 is 0 Å². The second-order valence-electron chi connectivity index (χ2n) is 7.72. The summed E-state index contributed by atoms with van der Waals surface area (Å²) in [6, 6.07) is 7.72. The first-order valence-corrected chi connectivity index (χ1v) is 8.65. The van der Waals surface area contributed by atoms with E-state index in [-0.39, 0.29) is 12.6 Å². The summed E-state index contributed by atoms with van der Waals surface area (Å²) in [7, 11) is 0. The maximum Gasteiger partial charge on any atom is 0.410 e. The fraction of sp³-hybridized carbons (Fsp3) is 0.632. The minimum absolute atomic E-state index is 0.0659. The summed E-state index contributed by atoms with van der Waals surface area (Å²) >= 11 is 0. The van der Waals surface area contributed by atoms with E-state index in [1.807, 2.05) is 39.0 Å². The van der Waals surface area contributed by atoms with Crippen molar-refractivity contribution < 1.29 is 13.9 Å². The first-order chi connectivity index (χ1) is 11.2. The molecule has 1 aliphatic rings. The normalized spacial score (nSPS) is 21.7. The molecule has 2 rings (SSSR count). The lowest BCUT2D eigenvalue weighted by Gasteiger charge is -2.36. The molecule has 1 heterocycles. The Bertz CT molecular complexity index is 569. The van der Waals surface area contributed by atoms with Crippen molar-refractivity contribution >= 4 is 11.8 Å². The molecule has 1 saturated heterocycles. The number of likely N-dealkylation sites (tertiary alicyclic amines) is 1. The molecule has 0 unspecified atom stereocenters. The molecule has 4 nitrogen and oxygen atoms in total. The standard InChI is InChI=1S/C19H29FN2O2/c1-13(2)14-8-6-7-9-16(14)21-17-10-11-22(12-15(17)20)18(23)24-19(3,4)5/h6-9,13,15,17,21H,10-12H2,1-5H3/t15-,17+/m1/s1. The van der Waals surface area contributed by atoms with E-state index in [9.17, 15) is 9.18 Å². The Kier molecular flexibility index (Phi) is 5.73. The summed E-state index contributed by atoms with van der Waals surface area (Å²) in [5.41, 5.74) is 1.60. The van der Waals surface area contributed by atoms with Crippen LogP contribution in [0.25, 0.3) is 0 Å². The van der Waals surface area contributed by atoms with Crippen molar-refractivity contribution in [3.63, 3.8) is 0 Å². The minimum atomic E-state index is -1.12. The highest BCUT2D eigenvalue weighted by atomic mass is 19.1. The van der Waals surface area contributed by atoms with Crippen LogP contribution in [0.5, 0.6) is 0 Å².